The van der Waals surface area contributed by atoms with Crippen LogP contribution in [0.25, 0.3) is 0 Å². The molecule has 0 fully saturated rings. The largest absolute Gasteiger partial charge is 0.364 e. The molecule has 4 heteroatoms. The van der Waals surface area contributed by atoms with Gasteiger partial charge in [-0.2, -0.15) is 5.10 Å². The summed E-state index contributed by atoms with van der Waals surface area (Å²) in [6.07, 6.45) is 2.98. The molecule has 0 unspecified atom stereocenters. The number of pyridine rings is 1. The standard InChI is InChI=1S/C15H22N4/c1-10(2)7-14-6-5-13(8-16-14)9-17-15-11(3)12(4)18-19-15/h5-6,8,10H,7,9H2,1-4H3,(H2,17,18,19). The quantitative estimate of drug-likeness (QED) is 0.865. The van der Waals surface area contributed by atoms with E-state index in [0.29, 0.717) is 5.92 Å². The molecule has 0 aliphatic heterocycles. The van der Waals surface area contributed by atoms with Gasteiger partial charge in [0.15, 0.2) is 5.82 Å². The van der Waals surface area contributed by atoms with Gasteiger partial charge in [-0.1, -0.05) is 19.9 Å². The van der Waals surface area contributed by atoms with E-state index in [1.54, 1.807) is 0 Å². The van der Waals surface area contributed by atoms with Crippen molar-refractivity contribution in [3.8, 4) is 0 Å². The summed E-state index contributed by atoms with van der Waals surface area (Å²) in [6.45, 7) is 9.25. The van der Waals surface area contributed by atoms with Gasteiger partial charge in [-0.25, -0.2) is 0 Å². The lowest BCUT2D eigenvalue weighted by Gasteiger charge is -2.07. The fourth-order valence-corrected chi connectivity index (χ4v) is 1.94. The van der Waals surface area contributed by atoms with Gasteiger partial charge in [0.05, 0.1) is 0 Å². The zero-order valence-corrected chi connectivity index (χ0v) is 12.1. The molecular weight excluding hydrogens is 236 g/mol. The maximum Gasteiger partial charge on any atom is 0.151 e. The third-order valence-electron chi connectivity index (χ3n) is 3.22. The van der Waals surface area contributed by atoms with E-state index in [0.717, 1.165) is 30.2 Å². The van der Waals surface area contributed by atoms with Crippen LogP contribution in [0, 0.1) is 19.8 Å². The Balaban J connectivity index is 1.95. The van der Waals surface area contributed by atoms with E-state index in [1.807, 2.05) is 13.1 Å². The number of H-pyrrole nitrogens is 1. The number of nitrogens with one attached hydrogen (secondary N) is 2. The molecule has 0 radical (unpaired) electrons. The van der Waals surface area contributed by atoms with Crippen molar-refractivity contribution >= 4 is 5.82 Å². The van der Waals surface area contributed by atoms with Crippen molar-refractivity contribution in [2.24, 2.45) is 5.92 Å². The van der Waals surface area contributed by atoms with Crippen LogP contribution in [0.2, 0.25) is 0 Å². The Morgan fingerprint density at radius 2 is 2.05 bits per heavy atom. The molecule has 2 N–H and O–H groups in total. The van der Waals surface area contributed by atoms with Gasteiger partial charge in [-0.05, 0) is 37.8 Å². The fraction of sp³-hybridized carbons (Fsp3) is 0.467. The lowest BCUT2D eigenvalue weighted by atomic mass is 10.1. The number of aromatic amines is 1. The monoisotopic (exact) mass is 258 g/mol. The van der Waals surface area contributed by atoms with Gasteiger partial charge in [-0.3, -0.25) is 10.1 Å². The van der Waals surface area contributed by atoms with Gasteiger partial charge in [0.1, 0.15) is 0 Å². The van der Waals surface area contributed by atoms with Crippen molar-refractivity contribution in [3.63, 3.8) is 0 Å². The SMILES string of the molecule is Cc1[nH]nc(NCc2ccc(CC(C)C)nc2)c1C. The van der Waals surface area contributed by atoms with Crippen molar-refractivity contribution in [2.45, 2.75) is 40.7 Å². The number of aromatic nitrogens is 3. The first-order valence-corrected chi connectivity index (χ1v) is 6.75. The molecule has 0 amide bonds. The average Bonchev–Trinajstić information content (AvgIpc) is 2.69. The van der Waals surface area contributed by atoms with Gasteiger partial charge in [0.2, 0.25) is 0 Å². The minimum atomic E-state index is 0.645. The van der Waals surface area contributed by atoms with E-state index in [4.69, 9.17) is 0 Å². The molecule has 2 aromatic rings. The summed E-state index contributed by atoms with van der Waals surface area (Å²) in [5, 5.41) is 10.5. The molecule has 2 heterocycles. The molecular formula is C15H22N4. The van der Waals surface area contributed by atoms with Crippen LogP contribution >= 0.6 is 0 Å². The molecule has 2 aromatic heterocycles. The lowest BCUT2D eigenvalue weighted by molar-refractivity contribution is 0.635. The minimum absolute atomic E-state index is 0.645. The van der Waals surface area contributed by atoms with E-state index >= 15 is 0 Å². The number of aryl methyl sites for hydroxylation is 1. The summed E-state index contributed by atoms with van der Waals surface area (Å²) in [4.78, 5) is 4.49. The highest BCUT2D eigenvalue weighted by atomic mass is 15.2. The van der Waals surface area contributed by atoms with Gasteiger partial charge in [-0.15, -0.1) is 0 Å². The van der Waals surface area contributed by atoms with Crippen LogP contribution in [0.15, 0.2) is 18.3 Å². The van der Waals surface area contributed by atoms with E-state index in [-0.39, 0.29) is 0 Å². The summed E-state index contributed by atoms with van der Waals surface area (Å²) >= 11 is 0. The van der Waals surface area contributed by atoms with Crippen LogP contribution in [0.5, 0.6) is 0 Å². The second-order valence-corrected chi connectivity index (χ2v) is 5.43. The third-order valence-corrected chi connectivity index (χ3v) is 3.22. The number of hydrogen-bond donors (Lipinski definition) is 2. The molecule has 0 saturated carbocycles. The van der Waals surface area contributed by atoms with Crippen LogP contribution < -0.4 is 5.32 Å². The molecule has 0 aliphatic rings. The van der Waals surface area contributed by atoms with Gasteiger partial charge >= 0.3 is 0 Å². The maximum atomic E-state index is 4.49. The van der Waals surface area contributed by atoms with Gasteiger partial charge in [0, 0.05) is 29.7 Å². The van der Waals surface area contributed by atoms with E-state index < -0.39 is 0 Å². The summed E-state index contributed by atoms with van der Waals surface area (Å²) in [5.74, 6) is 1.56. The Morgan fingerprint density at radius 3 is 2.58 bits per heavy atom. The maximum absolute atomic E-state index is 4.49. The highest BCUT2D eigenvalue weighted by molar-refractivity contribution is 5.45. The summed E-state index contributed by atoms with van der Waals surface area (Å²) < 4.78 is 0. The first kappa shape index (κ1) is 13.6. The van der Waals surface area contributed by atoms with Gasteiger partial charge in [0.25, 0.3) is 0 Å². The molecule has 0 bridgehead atoms. The highest BCUT2D eigenvalue weighted by Gasteiger charge is 2.05. The van der Waals surface area contributed by atoms with Crippen LogP contribution in [-0.2, 0) is 13.0 Å². The van der Waals surface area contributed by atoms with Crippen molar-refractivity contribution in [1.29, 1.82) is 0 Å². The Bertz CT molecular complexity index is 526. The molecule has 0 aliphatic carbocycles. The van der Waals surface area contributed by atoms with Crippen LogP contribution in [0.4, 0.5) is 5.82 Å². The van der Waals surface area contributed by atoms with Crippen molar-refractivity contribution < 1.29 is 0 Å². The lowest BCUT2D eigenvalue weighted by Crippen LogP contribution is -2.03. The molecule has 0 atom stereocenters. The van der Waals surface area contributed by atoms with Crippen molar-refractivity contribution in [1.82, 2.24) is 15.2 Å². The molecule has 19 heavy (non-hydrogen) atoms. The zero-order valence-electron chi connectivity index (χ0n) is 12.1. The fourth-order valence-electron chi connectivity index (χ4n) is 1.94. The number of anilines is 1. The molecule has 0 saturated heterocycles. The Morgan fingerprint density at radius 1 is 1.26 bits per heavy atom. The normalized spacial score (nSPS) is 11.0. The van der Waals surface area contributed by atoms with E-state index in [2.05, 4.69) is 53.4 Å². The topological polar surface area (TPSA) is 53.6 Å². The van der Waals surface area contributed by atoms with E-state index in [9.17, 15) is 0 Å². The molecule has 4 nitrogen and oxygen atoms in total. The summed E-state index contributed by atoms with van der Waals surface area (Å²) in [7, 11) is 0. The minimum Gasteiger partial charge on any atom is -0.364 e. The number of hydrogen-bond acceptors (Lipinski definition) is 3. The summed E-state index contributed by atoms with van der Waals surface area (Å²) in [5.41, 5.74) is 4.61. The molecule has 0 aromatic carbocycles. The number of nitrogens with zero attached hydrogens (tertiary/aromatic N) is 2. The average molecular weight is 258 g/mol. The molecule has 2 rings (SSSR count). The highest BCUT2D eigenvalue weighted by Crippen LogP contribution is 2.15. The Hall–Kier alpha value is -1.84. The first-order chi connectivity index (χ1) is 9.06. The predicted octanol–water partition coefficient (Wildman–Crippen LogP) is 3.23. The smallest absolute Gasteiger partial charge is 0.151 e. The van der Waals surface area contributed by atoms with Crippen LogP contribution in [0.1, 0.15) is 36.4 Å². The van der Waals surface area contributed by atoms with Crippen LogP contribution in [0.3, 0.4) is 0 Å². The second kappa shape index (κ2) is 5.87. The van der Waals surface area contributed by atoms with Crippen molar-refractivity contribution in [3.05, 3.63) is 40.8 Å². The molecule has 0 spiro atoms. The zero-order chi connectivity index (χ0) is 13.8. The second-order valence-electron chi connectivity index (χ2n) is 5.43. The predicted molar refractivity (Wildman–Crippen MR) is 78.2 cm³/mol. The van der Waals surface area contributed by atoms with Gasteiger partial charge < -0.3 is 5.32 Å². The first-order valence-electron chi connectivity index (χ1n) is 6.75. The number of rotatable bonds is 5. The van der Waals surface area contributed by atoms with E-state index in [1.165, 1.54) is 11.1 Å². The van der Waals surface area contributed by atoms with Crippen molar-refractivity contribution in [2.75, 3.05) is 5.32 Å². The summed E-state index contributed by atoms with van der Waals surface area (Å²) in [6, 6.07) is 4.24. The Kier molecular flexibility index (Phi) is 4.20. The van der Waals surface area contributed by atoms with Crippen LogP contribution in [-0.4, -0.2) is 15.2 Å². The Labute approximate surface area is 114 Å². The third kappa shape index (κ3) is 3.56. The molecule has 102 valence electrons.